The quantitative estimate of drug-likeness (QED) is 0.903. The van der Waals surface area contributed by atoms with Crippen LogP contribution in [-0.4, -0.2) is 32.0 Å². The van der Waals surface area contributed by atoms with Crippen LogP contribution in [0.4, 0.5) is 0 Å². The van der Waals surface area contributed by atoms with Gasteiger partial charge in [0.2, 0.25) is 0 Å². The zero-order valence-corrected chi connectivity index (χ0v) is 13.6. The first kappa shape index (κ1) is 16.0. The third kappa shape index (κ3) is 3.12. The monoisotopic (exact) mass is 306 g/mol. The van der Waals surface area contributed by atoms with Crippen LogP contribution in [0.15, 0.2) is 30.3 Å². The number of nitrogens with one attached hydrogen (secondary N) is 1. The van der Waals surface area contributed by atoms with E-state index in [2.05, 4.69) is 11.4 Å². The van der Waals surface area contributed by atoms with Gasteiger partial charge in [0.15, 0.2) is 9.84 Å². The van der Waals surface area contributed by atoms with E-state index in [9.17, 15) is 13.7 Å². The Morgan fingerprint density at radius 1 is 1.33 bits per heavy atom. The molecule has 1 aromatic rings. The van der Waals surface area contributed by atoms with Crippen molar-refractivity contribution in [3.63, 3.8) is 0 Å². The first-order chi connectivity index (χ1) is 9.70. The van der Waals surface area contributed by atoms with Crippen LogP contribution in [0.5, 0.6) is 0 Å². The van der Waals surface area contributed by atoms with Gasteiger partial charge in [0.25, 0.3) is 0 Å². The second-order valence-electron chi connectivity index (χ2n) is 6.58. The van der Waals surface area contributed by atoms with Gasteiger partial charge in [0, 0.05) is 18.8 Å². The van der Waals surface area contributed by atoms with Crippen molar-refractivity contribution in [2.75, 3.05) is 12.8 Å². The van der Waals surface area contributed by atoms with Crippen molar-refractivity contribution < 1.29 is 8.42 Å². The maximum absolute atomic E-state index is 11.7. The molecule has 0 atom stereocenters. The Labute approximate surface area is 127 Å². The van der Waals surface area contributed by atoms with Crippen LogP contribution in [0.3, 0.4) is 0 Å². The van der Waals surface area contributed by atoms with E-state index in [0.717, 1.165) is 18.4 Å². The van der Waals surface area contributed by atoms with Crippen LogP contribution in [0.1, 0.15) is 32.3 Å². The van der Waals surface area contributed by atoms with Gasteiger partial charge in [0.1, 0.15) is 0 Å². The number of nitrogens with zero attached hydrogens (tertiary/aromatic N) is 1. The molecule has 5 heteroatoms. The number of rotatable bonds is 5. The first-order valence-electron chi connectivity index (χ1n) is 7.10. The summed E-state index contributed by atoms with van der Waals surface area (Å²) in [5.41, 5.74) is 0.627. The molecule has 4 nitrogen and oxygen atoms in total. The summed E-state index contributed by atoms with van der Waals surface area (Å²) in [5.74, 6) is 0. The molecule has 21 heavy (non-hydrogen) atoms. The summed E-state index contributed by atoms with van der Waals surface area (Å²) in [7, 11) is -3.10. The Kier molecular flexibility index (Phi) is 4.14. The summed E-state index contributed by atoms with van der Waals surface area (Å²) >= 11 is 0. The molecule has 2 rings (SSSR count). The minimum absolute atomic E-state index is 0.200. The highest BCUT2D eigenvalue weighted by Gasteiger charge is 2.46. The van der Waals surface area contributed by atoms with E-state index in [-0.39, 0.29) is 6.04 Å². The highest BCUT2D eigenvalue weighted by atomic mass is 32.2. The van der Waals surface area contributed by atoms with Crippen molar-refractivity contribution in [2.45, 2.75) is 42.9 Å². The third-order valence-corrected chi connectivity index (χ3v) is 6.70. The summed E-state index contributed by atoms with van der Waals surface area (Å²) in [6.07, 6.45) is 2.72. The topological polar surface area (TPSA) is 70.0 Å². The van der Waals surface area contributed by atoms with Crippen molar-refractivity contribution in [3.05, 3.63) is 35.9 Å². The largest absolute Gasteiger partial charge is 0.312 e. The molecule has 0 aliphatic heterocycles. The summed E-state index contributed by atoms with van der Waals surface area (Å²) in [4.78, 5) is 0. The van der Waals surface area contributed by atoms with Crippen LogP contribution in [0.2, 0.25) is 0 Å². The summed E-state index contributed by atoms with van der Waals surface area (Å²) < 4.78 is 22.6. The molecule has 0 spiro atoms. The number of nitriles is 1. The fraction of sp³-hybridized carbons (Fsp3) is 0.562. The van der Waals surface area contributed by atoms with Gasteiger partial charge in [0.05, 0.1) is 16.2 Å². The van der Waals surface area contributed by atoms with Gasteiger partial charge >= 0.3 is 0 Å². The standard InChI is InChI=1S/C16H22N2O2S/c1-15(2,21(3,19)20)12-18-14-9-16(10-14,11-17)13-7-5-4-6-8-13/h4-8,14,18H,9-10,12H2,1-3H3. The molecule has 1 N–H and O–H groups in total. The van der Waals surface area contributed by atoms with E-state index < -0.39 is 20.0 Å². The van der Waals surface area contributed by atoms with Gasteiger partial charge in [-0.25, -0.2) is 8.42 Å². The molecule has 0 saturated heterocycles. The lowest BCUT2D eigenvalue weighted by Gasteiger charge is -2.44. The SMILES string of the molecule is CC(C)(CNC1CC(C#N)(c2ccccc2)C1)S(C)(=O)=O. The van der Waals surface area contributed by atoms with Crippen LogP contribution >= 0.6 is 0 Å². The number of sulfone groups is 1. The zero-order valence-electron chi connectivity index (χ0n) is 12.8. The fourth-order valence-corrected chi connectivity index (χ4v) is 2.94. The zero-order chi connectivity index (χ0) is 15.7. The molecule has 1 fully saturated rings. The van der Waals surface area contributed by atoms with Crippen molar-refractivity contribution in [1.82, 2.24) is 5.32 Å². The maximum Gasteiger partial charge on any atom is 0.153 e. The molecule has 0 radical (unpaired) electrons. The van der Waals surface area contributed by atoms with Gasteiger partial charge in [-0.3, -0.25) is 0 Å². The molecule has 1 aliphatic carbocycles. The summed E-state index contributed by atoms with van der Waals surface area (Å²) in [5, 5.41) is 12.8. The first-order valence-corrected chi connectivity index (χ1v) is 8.99. The van der Waals surface area contributed by atoms with Crippen LogP contribution < -0.4 is 5.32 Å². The second-order valence-corrected chi connectivity index (χ2v) is 9.23. The lowest BCUT2D eigenvalue weighted by Crippen LogP contribution is -2.54. The Bertz CT molecular complexity index is 639. The van der Waals surface area contributed by atoms with Gasteiger partial charge < -0.3 is 5.32 Å². The Balaban J connectivity index is 1.97. The van der Waals surface area contributed by atoms with Gasteiger partial charge in [-0.1, -0.05) is 30.3 Å². The lowest BCUT2D eigenvalue weighted by molar-refractivity contribution is 0.223. The molecule has 0 bridgehead atoms. The van der Waals surface area contributed by atoms with Crippen LogP contribution in [0, 0.1) is 11.3 Å². The second kappa shape index (κ2) is 5.43. The predicted molar refractivity (Wildman–Crippen MR) is 83.7 cm³/mol. The van der Waals surface area contributed by atoms with Crippen molar-refractivity contribution in [1.29, 1.82) is 5.26 Å². The molecule has 0 aromatic heterocycles. The van der Waals surface area contributed by atoms with Crippen LogP contribution in [0.25, 0.3) is 0 Å². The third-order valence-electron chi connectivity index (χ3n) is 4.55. The van der Waals surface area contributed by atoms with E-state index in [4.69, 9.17) is 0 Å². The molecular weight excluding hydrogens is 284 g/mol. The molecule has 1 aromatic carbocycles. The van der Waals surface area contributed by atoms with Crippen molar-refractivity contribution in [2.24, 2.45) is 0 Å². The summed E-state index contributed by atoms with van der Waals surface area (Å²) in [6.45, 7) is 3.86. The minimum Gasteiger partial charge on any atom is -0.312 e. The van der Waals surface area contributed by atoms with E-state index in [1.54, 1.807) is 13.8 Å². The number of hydrogen-bond acceptors (Lipinski definition) is 4. The molecule has 0 unspecified atom stereocenters. The van der Waals surface area contributed by atoms with Gasteiger partial charge in [-0.15, -0.1) is 0 Å². The van der Waals surface area contributed by atoms with Crippen LogP contribution in [-0.2, 0) is 15.3 Å². The molecule has 1 saturated carbocycles. The molecule has 1 aliphatic rings. The van der Waals surface area contributed by atoms with E-state index in [1.807, 2.05) is 30.3 Å². The number of benzene rings is 1. The minimum atomic E-state index is -3.10. The van der Waals surface area contributed by atoms with E-state index in [1.165, 1.54) is 6.26 Å². The lowest BCUT2D eigenvalue weighted by atomic mass is 9.62. The van der Waals surface area contributed by atoms with Gasteiger partial charge in [-0.05, 0) is 32.3 Å². The van der Waals surface area contributed by atoms with Crippen molar-refractivity contribution >= 4 is 9.84 Å². The average Bonchev–Trinajstić information content (AvgIpc) is 2.37. The molecule has 114 valence electrons. The molecular formula is C16H22N2O2S. The average molecular weight is 306 g/mol. The van der Waals surface area contributed by atoms with Crippen molar-refractivity contribution in [3.8, 4) is 6.07 Å². The highest BCUT2D eigenvalue weighted by Crippen LogP contribution is 2.43. The predicted octanol–water partition coefficient (Wildman–Crippen LogP) is 2.02. The Hall–Kier alpha value is -1.38. The van der Waals surface area contributed by atoms with E-state index >= 15 is 0 Å². The maximum atomic E-state index is 11.7. The smallest absolute Gasteiger partial charge is 0.153 e. The summed E-state index contributed by atoms with van der Waals surface area (Å²) in [6, 6.07) is 12.4. The fourth-order valence-electron chi connectivity index (χ4n) is 2.60. The number of hydrogen-bond donors (Lipinski definition) is 1. The molecule has 0 heterocycles. The Morgan fingerprint density at radius 2 is 1.90 bits per heavy atom. The Morgan fingerprint density at radius 3 is 2.38 bits per heavy atom. The molecule has 0 amide bonds. The van der Waals surface area contributed by atoms with Gasteiger partial charge in [-0.2, -0.15) is 5.26 Å². The normalized spacial score (nSPS) is 25.9. The highest BCUT2D eigenvalue weighted by molar-refractivity contribution is 7.92. The van der Waals surface area contributed by atoms with E-state index in [0.29, 0.717) is 6.54 Å².